The number of aromatic nitrogens is 5. The summed E-state index contributed by atoms with van der Waals surface area (Å²) in [6.45, 7) is 3.70. The highest BCUT2D eigenvalue weighted by Crippen LogP contribution is 2.12. The molecular formula is C13H16N6. The van der Waals surface area contributed by atoms with Gasteiger partial charge in [0.05, 0.1) is 12.4 Å². The molecule has 0 fully saturated rings. The minimum absolute atomic E-state index is 0.811. The van der Waals surface area contributed by atoms with Gasteiger partial charge in [0.15, 0.2) is 5.65 Å². The topological polar surface area (TPSA) is 62.1 Å². The molecule has 6 heteroatoms. The Labute approximate surface area is 111 Å². The number of hydrogen-bond donors (Lipinski definition) is 1. The lowest BCUT2D eigenvalue weighted by atomic mass is 10.2. The molecule has 0 aliphatic rings. The highest BCUT2D eigenvalue weighted by atomic mass is 15.2. The van der Waals surface area contributed by atoms with Gasteiger partial charge < -0.3 is 0 Å². The quantitative estimate of drug-likeness (QED) is 0.766. The minimum Gasteiger partial charge on any atom is -0.298 e. The van der Waals surface area contributed by atoms with E-state index in [1.165, 1.54) is 5.56 Å². The predicted octanol–water partition coefficient (Wildman–Crippen LogP) is 1.39. The first kappa shape index (κ1) is 11.9. The Hall–Kier alpha value is -2.21. The van der Waals surface area contributed by atoms with Crippen LogP contribution in [0, 0.1) is 6.92 Å². The fourth-order valence-electron chi connectivity index (χ4n) is 2.16. The molecule has 3 aromatic rings. The van der Waals surface area contributed by atoms with Gasteiger partial charge >= 0.3 is 0 Å². The summed E-state index contributed by atoms with van der Waals surface area (Å²) < 4.78 is 1.80. The third-order valence-corrected chi connectivity index (χ3v) is 3.17. The molecule has 0 amide bonds. The van der Waals surface area contributed by atoms with Crippen LogP contribution < -0.4 is 0 Å². The maximum absolute atomic E-state index is 4.36. The van der Waals surface area contributed by atoms with Crippen molar-refractivity contribution in [1.29, 1.82) is 0 Å². The van der Waals surface area contributed by atoms with Crippen molar-refractivity contribution in [3.8, 4) is 0 Å². The van der Waals surface area contributed by atoms with Crippen molar-refractivity contribution in [2.24, 2.45) is 0 Å². The third kappa shape index (κ3) is 2.34. The summed E-state index contributed by atoms with van der Waals surface area (Å²) >= 11 is 0. The van der Waals surface area contributed by atoms with Gasteiger partial charge in [-0.15, -0.1) is 0 Å². The van der Waals surface area contributed by atoms with Crippen LogP contribution in [0.4, 0.5) is 0 Å². The zero-order chi connectivity index (χ0) is 13.2. The molecule has 0 atom stereocenters. The van der Waals surface area contributed by atoms with E-state index in [1.54, 1.807) is 10.7 Å². The van der Waals surface area contributed by atoms with Crippen LogP contribution in [-0.2, 0) is 13.1 Å². The summed E-state index contributed by atoms with van der Waals surface area (Å²) in [6, 6.07) is 1.88. The van der Waals surface area contributed by atoms with Gasteiger partial charge in [-0.2, -0.15) is 10.2 Å². The number of H-pyrrole nitrogens is 1. The van der Waals surface area contributed by atoms with Crippen molar-refractivity contribution in [1.82, 2.24) is 29.7 Å². The van der Waals surface area contributed by atoms with Crippen LogP contribution in [0.3, 0.4) is 0 Å². The molecule has 3 heterocycles. The number of fused-ring (bicyclic) bond motifs is 1. The third-order valence-electron chi connectivity index (χ3n) is 3.17. The predicted molar refractivity (Wildman–Crippen MR) is 71.5 cm³/mol. The number of nitrogens with one attached hydrogen (secondary N) is 1. The molecule has 0 unspecified atom stereocenters. The monoisotopic (exact) mass is 256 g/mol. The van der Waals surface area contributed by atoms with E-state index in [0.717, 1.165) is 30.0 Å². The molecule has 1 N–H and O–H groups in total. The molecule has 19 heavy (non-hydrogen) atoms. The normalized spacial score (nSPS) is 11.5. The molecule has 0 saturated heterocycles. The molecular weight excluding hydrogens is 240 g/mol. The first-order valence-corrected chi connectivity index (χ1v) is 6.18. The zero-order valence-corrected chi connectivity index (χ0v) is 11.0. The average Bonchev–Trinajstić information content (AvgIpc) is 2.98. The van der Waals surface area contributed by atoms with Crippen LogP contribution in [-0.4, -0.2) is 36.7 Å². The van der Waals surface area contributed by atoms with Gasteiger partial charge in [-0.1, -0.05) is 0 Å². The van der Waals surface area contributed by atoms with Crippen molar-refractivity contribution < 1.29 is 0 Å². The minimum atomic E-state index is 0.811. The second-order valence-electron chi connectivity index (χ2n) is 4.75. The molecule has 0 aliphatic heterocycles. The fraction of sp³-hybridized carbons (Fsp3) is 0.308. The molecule has 6 nitrogen and oxygen atoms in total. The van der Waals surface area contributed by atoms with Gasteiger partial charge in [-0.25, -0.2) is 9.50 Å². The van der Waals surface area contributed by atoms with Crippen molar-refractivity contribution in [2.75, 3.05) is 7.05 Å². The molecule has 0 saturated carbocycles. The summed E-state index contributed by atoms with van der Waals surface area (Å²) in [7, 11) is 2.08. The van der Waals surface area contributed by atoms with E-state index >= 15 is 0 Å². The van der Waals surface area contributed by atoms with Crippen LogP contribution in [0.15, 0.2) is 30.9 Å². The van der Waals surface area contributed by atoms with E-state index in [2.05, 4.69) is 32.2 Å². The van der Waals surface area contributed by atoms with E-state index in [4.69, 9.17) is 0 Å². The summed E-state index contributed by atoms with van der Waals surface area (Å²) in [4.78, 5) is 6.59. The molecule has 3 aromatic heterocycles. The van der Waals surface area contributed by atoms with Crippen molar-refractivity contribution >= 4 is 5.65 Å². The van der Waals surface area contributed by atoms with Crippen molar-refractivity contribution in [2.45, 2.75) is 20.0 Å². The molecule has 3 rings (SSSR count). The Kier molecular flexibility index (Phi) is 3.00. The van der Waals surface area contributed by atoms with E-state index < -0.39 is 0 Å². The van der Waals surface area contributed by atoms with Crippen LogP contribution in [0.5, 0.6) is 0 Å². The smallest absolute Gasteiger partial charge is 0.159 e. The van der Waals surface area contributed by atoms with Crippen LogP contribution in [0.25, 0.3) is 5.65 Å². The fourth-order valence-corrected chi connectivity index (χ4v) is 2.16. The second-order valence-corrected chi connectivity index (χ2v) is 4.75. The Morgan fingerprint density at radius 3 is 2.89 bits per heavy atom. The molecule has 0 aliphatic carbocycles. The lowest BCUT2D eigenvalue weighted by Crippen LogP contribution is -2.17. The van der Waals surface area contributed by atoms with Crippen molar-refractivity contribution in [3.05, 3.63) is 47.7 Å². The first-order valence-electron chi connectivity index (χ1n) is 6.18. The maximum atomic E-state index is 4.36. The molecule has 0 bridgehead atoms. The molecule has 0 aromatic carbocycles. The Balaban J connectivity index is 1.76. The second kappa shape index (κ2) is 4.81. The Bertz CT molecular complexity index is 683. The van der Waals surface area contributed by atoms with Crippen molar-refractivity contribution in [3.63, 3.8) is 0 Å². The summed E-state index contributed by atoms with van der Waals surface area (Å²) in [5, 5.41) is 11.3. The number of hydrogen-bond acceptors (Lipinski definition) is 4. The zero-order valence-electron chi connectivity index (χ0n) is 11.0. The molecule has 0 spiro atoms. The molecule has 98 valence electrons. The van der Waals surface area contributed by atoms with Gasteiger partial charge in [0.2, 0.25) is 0 Å². The van der Waals surface area contributed by atoms with Gasteiger partial charge in [0.25, 0.3) is 0 Å². The lowest BCUT2D eigenvalue weighted by molar-refractivity contribution is 0.319. The Morgan fingerprint density at radius 1 is 1.26 bits per heavy atom. The van der Waals surface area contributed by atoms with E-state index in [0.29, 0.717) is 0 Å². The summed E-state index contributed by atoms with van der Waals surface area (Å²) in [6.07, 6.45) is 7.45. The highest BCUT2D eigenvalue weighted by molar-refractivity contribution is 5.45. The van der Waals surface area contributed by atoms with Gasteiger partial charge in [0, 0.05) is 42.3 Å². The van der Waals surface area contributed by atoms with E-state index in [-0.39, 0.29) is 0 Å². The maximum Gasteiger partial charge on any atom is 0.159 e. The Morgan fingerprint density at radius 2 is 2.11 bits per heavy atom. The van der Waals surface area contributed by atoms with E-state index in [1.807, 2.05) is 31.6 Å². The van der Waals surface area contributed by atoms with Gasteiger partial charge in [0.1, 0.15) is 0 Å². The van der Waals surface area contributed by atoms with Crippen LogP contribution >= 0.6 is 0 Å². The first-order chi connectivity index (χ1) is 9.24. The molecule has 0 radical (unpaired) electrons. The summed E-state index contributed by atoms with van der Waals surface area (Å²) in [5.41, 5.74) is 4.37. The standard InChI is InChI=1S/C13H16N6/c1-10-11(6-15-17-10)8-18(2)9-12-7-16-19-5-3-4-14-13(12)19/h3-7H,8-9H2,1-2H3,(H,15,17). The SMILES string of the molecule is Cc1[nH]ncc1CN(C)Cc1cnn2cccnc12. The number of aryl methyl sites for hydroxylation is 1. The van der Waals surface area contributed by atoms with Crippen LogP contribution in [0.1, 0.15) is 16.8 Å². The number of nitrogens with zero attached hydrogens (tertiary/aromatic N) is 5. The number of aromatic amines is 1. The highest BCUT2D eigenvalue weighted by Gasteiger charge is 2.09. The average molecular weight is 256 g/mol. The van der Waals surface area contributed by atoms with Crippen LogP contribution in [0.2, 0.25) is 0 Å². The summed E-state index contributed by atoms with van der Waals surface area (Å²) in [5.74, 6) is 0. The van der Waals surface area contributed by atoms with Gasteiger partial charge in [-0.3, -0.25) is 10.00 Å². The number of rotatable bonds is 4. The van der Waals surface area contributed by atoms with Gasteiger partial charge in [-0.05, 0) is 20.0 Å². The largest absolute Gasteiger partial charge is 0.298 e. The van der Waals surface area contributed by atoms with E-state index in [9.17, 15) is 0 Å². The lowest BCUT2D eigenvalue weighted by Gasteiger charge is -2.15.